The maximum Gasteiger partial charge on any atom is 0.233 e. The van der Waals surface area contributed by atoms with Gasteiger partial charge in [-0.3, -0.25) is 4.79 Å². The van der Waals surface area contributed by atoms with Crippen LogP contribution in [-0.4, -0.2) is 21.7 Å². The molecule has 96 valence electrons. The van der Waals surface area contributed by atoms with Crippen molar-refractivity contribution in [1.29, 1.82) is 0 Å². The highest BCUT2D eigenvalue weighted by Gasteiger charge is 2.22. The molecule has 0 aliphatic rings. The number of rotatable bonds is 5. The van der Waals surface area contributed by atoms with Crippen molar-refractivity contribution < 1.29 is 4.79 Å². The molecule has 0 spiro atoms. The van der Waals surface area contributed by atoms with Gasteiger partial charge in [0, 0.05) is 5.54 Å². The van der Waals surface area contributed by atoms with E-state index < -0.39 is 0 Å². The molecule has 0 aliphatic heterocycles. The molecular formula is C11H19N3OS2. The van der Waals surface area contributed by atoms with Gasteiger partial charge in [0.2, 0.25) is 5.91 Å². The van der Waals surface area contributed by atoms with Crippen LogP contribution in [0.5, 0.6) is 0 Å². The third-order valence-corrected chi connectivity index (χ3v) is 4.58. The molecule has 1 aromatic heterocycles. The Morgan fingerprint density at radius 3 is 2.82 bits per heavy atom. The van der Waals surface area contributed by atoms with Gasteiger partial charge in [-0.05, 0) is 27.2 Å². The summed E-state index contributed by atoms with van der Waals surface area (Å²) in [7, 11) is 0. The van der Waals surface area contributed by atoms with Gasteiger partial charge in [0.05, 0.1) is 15.7 Å². The fraction of sp³-hybridized carbons (Fsp3) is 0.636. The topological polar surface area (TPSA) is 68.0 Å². The quantitative estimate of drug-likeness (QED) is 0.809. The van der Waals surface area contributed by atoms with Crippen molar-refractivity contribution in [3.8, 4) is 0 Å². The van der Waals surface area contributed by atoms with E-state index in [2.05, 4.69) is 17.2 Å². The Balaban J connectivity index is 2.53. The number of carbonyl (C=O) groups is 1. The number of nitrogen functional groups attached to an aromatic ring is 1. The number of thiazole rings is 1. The Kier molecular flexibility index (Phi) is 4.82. The van der Waals surface area contributed by atoms with Crippen LogP contribution in [0.2, 0.25) is 0 Å². The second-order valence-corrected chi connectivity index (χ2v) is 7.21. The van der Waals surface area contributed by atoms with Gasteiger partial charge in [0.15, 0.2) is 5.13 Å². The number of hydrogen-bond acceptors (Lipinski definition) is 5. The summed E-state index contributed by atoms with van der Waals surface area (Å²) in [5.41, 5.74) is 5.39. The summed E-state index contributed by atoms with van der Waals surface area (Å²) in [4.78, 5) is 15.9. The van der Waals surface area contributed by atoms with Crippen LogP contribution in [0.1, 0.15) is 34.1 Å². The van der Waals surface area contributed by atoms with Crippen molar-refractivity contribution in [1.82, 2.24) is 10.3 Å². The first kappa shape index (κ1) is 14.3. The van der Waals surface area contributed by atoms with Crippen LogP contribution >= 0.6 is 23.1 Å². The molecule has 1 unspecified atom stereocenters. The number of hydrogen-bond donors (Lipinski definition) is 2. The molecule has 0 aliphatic carbocycles. The highest BCUT2D eigenvalue weighted by molar-refractivity contribution is 8.02. The Morgan fingerprint density at radius 2 is 2.35 bits per heavy atom. The van der Waals surface area contributed by atoms with Crippen molar-refractivity contribution in [2.45, 2.75) is 49.1 Å². The number of amides is 1. The van der Waals surface area contributed by atoms with Gasteiger partial charge in [-0.25, -0.2) is 4.98 Å². The van der Waals surface area contributed by atoms with E-state index >= 15 is 0 Å². The van der Waals surface area contributed by atoms with E-state index in [9.17, 15) is 4.79 Å². The zero-order chi connectivity index (χ0) is 13.1. The molecule has 3 N–H and O–H groups in total. The molecule has 0 saturated heterocycles. The smallest absolute Gasteiger partial charge is 0.233 e. The van der Waals surface area contributed by atoms with Crippen molar-refractivity contribution in [3.63, 3.8) is 0 Å². The van der Waals surface area contributed by atoms with Crippen LogP contribution in [-0.2, 0) is 4.79 Å². The summed E-state index contributed by atoms with van der Waals surface area (Å²) in [5.74, 6) is 0.0498. The van der Waals surface area contributed by atoms with E-state index in [1.165, 1.54) is 23.1 Å². The Hall–Kier alpha value is -0.750. The number of carbonyl (C=O) groups excluding carboxylic acids is 1. The Morgan fingerprint density at radius 1 is 1.71 bits per heavy atom. The summed E-state index contributed by atoms with van der Waals surface area (Å²) in [6.07, 6.45) is 2.61. The van der Waals surface area contributed by atoms with Gasteiger partial charge < -0.3 is 11.1 Å². The zero-order valence-corrected chi connectivity index (χ0v) is 12.2. The van der Waals surface area contributed by atoms with E-state index in [0.717, 1.165) is 10.6 Å². The molecule has 0 saturated carbocycles. The SMILES string of the molecule is CCC(C)(C)NC(=O)C(C)Sc1cnc(N)s1. The van der Waals surface area contributed by atoms with Crippen LogP contribution in [0.25, 0.3) is 0 Å². The fourth-order valence-corrected chi connectivity index (χ4v) is 3.00. The van der Waals surface area contributed by atoms with Crippen molar-refractivity contribution in [3.05, 3.63) is 6.20 Å². The van der Waals surface area contributed by atoms with E-state index in [4.69, 9.17) is 5.73 Å². The first-order chi connectivity index (χ1) is 7.84. The van der Waals surface area contributed by atoms with Gasteiger partial charge in [-0.1, -0.05) is 18.3 Å². The highest BCUT2D eigenvalue weighted by Crippen LogP contribution is 2.30. The van der Waals surface area contributed by atoms with Crippen LogP contribution in [0.15, 0.2) is 10.4 Å². The third kappa shape index (κ3) is 4.55. The highest BCUT2D eigenvalue weighted by atomic mass is 32.2. The summed E-state index contributed by atoms with van der Waals surface area (Å²) >= 11 is 2.89. The van der Waals surface area contributed by atoms with Crippen molar-refractivity contribution in [2.75, 3.05) is 5.73 Å². The van der Waals surface area contributed by atoms with Crippen molar-refractivity contribution >= 4 is 34.1 Å². The summed E-state index contributed by atoms with van der Waals surface area (Å²) in [5, 5.41) is 3.42. The van der Waals surface area contributed by atoms with E-state index in [-0.39, 0.29) is 16.7 Å². The first-order valence-corrected chi connectivity index (χ1v) is 7.23. The molecule has 1 rings (SSSR count). The number of aromatic nitrogens is 1. The average molecular weight is 273 g/mol. The van der Waals surface area contributed by atoms with E-state index in [1.54, 1.807) is 6.20 Å². The van der Waals surface area contributed by atoms with Crippen molar-refractivity contribution in [2.24, 2.45) is 0 Å². The molecule has 0 radical (unpaired) electrons. The molecule has 17 heavy (non-hydrogen) atoms. The van der Waals surface area contributed by atoms with Gasteiger partial charge in [-0.15, -0.1) is 11.8 Å². The minimum Gasteiger partial charge on any atom is -0.375 e. The number of nitrogens with one attached hydrogen (secondary N) is 1. The lowest BCUT2D eigenvalue weighted by molar-refractivity contribution is -0.121. The molecule has 6 heteroatoms. The standard InChI is InChI=1S/C11H19N3OS2/c1-5-11(3,4)14-9(15)7(2)16-8-6-13-10(12)17-8/h6-7H,5H2,1-4H3,(H2,12,13)(H,14,15). The zero-order valence-electron chi connectivity index (χ0n) is 10.6. The predicted octanol–water partition coefficient (Wildman–Crippen LogP) is 2.51. The normalized spacial score (nSPS) is 13.4. The molecular weight excluding hydrogens is 254 g/mol. The number of thioether (sulfide) groups is 1. The van der Waals surface area contributed by atoms with Crippen LogP contribution in [0, 0.1) is 0 Å². The summed E-state index contributed by atoms with van der Waals surface area (Å²) in [6, 6.07) is 0. The third-order valence-electron chi connectivity index (χ3n) is 2.51. The summed E-state index contributed by atoms with van der Waals surface area (Å²) < 4.78 is 0.972. The van der Waals surface area contributed by atoms with Gasteiger partial charge in [-0.2, -0.15) is 0 Å². The molecule has 1 atom stereocenters. The monoisotopic (exact) mass is 273 g/mol. The molecule has 1 aromatic rings. The maximum atomic E-state index is 11.9. The molecule has 1 heterocycles. The largest absolute Gasteiger partial charge is 0.375 e. The Labute approximate surface area is 110 Å². The minimum absolute atomic E-state index is 0.0498. The van der Waals surface area contributed by atoms with Crippen LogP contribution in [0.4, 0.5) is 5.13 Å². The first-order valence-electron chi connectivity index (χ1n) is 5.54. The number of anilines is 1. The second kappa shape index (κ2) is 5.73. The van der Waals surface area contributed by atoms with Gasteiger partial charge in [0.1, 0.15) is 0 Å². The molecule has 1 amide bonds. The lowest BCUT2D eigenvalue weighted by Gasteiger charge is -2.26. The van der Waals surface area contributed by atoms with Gasteiger partial charge >= 0.3 is 0 Å². The molecule has 0 bridgehead atoms. The number of nitrogens with two attached hydrogens (primary N) is 1. The second-order valence-electron chi connectivity index (χ2n) is 4.50. The molecule has 4 nitrogen and oxygen atoms in total. The van der Waals surface area contributed by atoms with E-state index in [0.29, 0.717) is 5.13 Å². The van der Waals surface area contributed by atoms with E-state index in [1.807, 2.05) is 20.8 Å². The average Bonchev–Trinajstić information content (AvgIpc) is 2.63. The lowest BCUT2D eigenvalue weighted by atomic mass is 10.0. The predicted molar refractivity (Wildman–Crippen MR) is 74.4 cm³/mol. The van der Waals surface area contributed by atoms with Crippen LogP contribution in [0.3, 0.4) is 0 Å². The maximum absolute atomic E-state index is 11.9. The summed E-state index contributed by atoms with van der Waals surface area (Å²) in [6.45, 7) is 7.99. The Bertz CT molecular complexity index is 390. The van der Waals surface area contributed by atoms with Gasteiger partial charge in [0.25, 0.3) is 0 Å². The molecule has 0 fully saturated rings. The number of nitrogens with zero attached hydrogens (tertiary/aromatic N) is 1. The lowest BCUT2D eigenvalue weighted by Crippen LogP contribution is -2.45. The van der Waals surface area contributed by atoms with Crippen LogP contribution < -0.4 is 11.1 Å². The minimum atomic E-state index is -0.154. The molecule has 0 aromatic carbocycles. The fourth-order valence-electron chi connectivity index (χ4n) is 1.08.